The average molecular weight is 454 g/mol. The first kappa shape index (κ1) is 22.2. The Morgan fingerprint density at radius 3 is 2.39 bits per heavy atom. The fourth-order valence-electron chi connectivity index (χ4n) is 4.16. The number of hydrogen-bond donors (Lipinski definition) is 1. The van der Waals surface area contributed by atoms with E-state index in [0.717, 1.165) is 21.5 Å². The number of hydrogen-bond acceptors (Lipinski definition) is 6. The second-order valence-electron chi connectivity index (χ2n) is 7.88. The number of ether oxygens (including phenoxy) is 2. The second kappa shape index (κ2) is 8.15. The van der Waals surface area contributed by atoms with Gasteiger partial charge in [-0.3, -0.25) is 18.6 Å². The number of primary amides is 1. The molecular formula is C22H26N6O5. The van der Waals surface area contributed by atoms with E-state index in [9.17, 15) is 14.4 Å². The zero-order valence-electron chi connectivity index (χ0n) is 19.2. The van der Waals surface area contributed by atoms with Crippen molar-refractivity contribution in [3.8, 4) is 11.5 Å². The molecule has 2 N–H and O–H groups in total. The molecule has 174 valence electrons. The van der Waals surface area contributed by atoms with Crippen LogP contribution >= 0.6 is 0 Å². The molecule has 0 unspecified atom stereocenters. The molecule has 0 saturated carbocycles. The maximum absolute atomic E-state index is 13.1. The Morgan fingerprint density at radius 2 is 1.76 bits per heavy atom. The van der Waals surface area contributed by atoms with Crippen molar-refractivity contribution in [3.05, 3.63) is 56.0 Å². The van der Waals surface area contributed by atoms with Gasteiger partial charge >= 0.3 is 5.69 Å². The van der Waals surface area contributed by atoms with Crippen LogP contribution in [-0.4, -0.2) is 43.2 Å². The topological polar surface area (TPSA) is 128 Å². The van der Waals surface area contributed by atoms with E-state index in [2.05, 4.69) is 4.98 Å². The summed E-state index contributed by atoms with van der Waals surface area (Å²) >= 11 is 0. The Bertz CT molecular complexity index is 1520. The summed E-state index contributed by atoms with van der Waals surface area (Å²) in [4.78, 5) is 41.8. The van der Waals surface area contributed by atoms with Crippen molar-refractivity contribution < 1.29 is 14.3 Å². The molecule has 11 heteroatoms. The third kappa shape index (κ3) is 3.45. The number of carbonyl (C=O) groups excluding carboxylic acids is 1. The lowest BCUT2D eigenvalue weighted by molar-refractivity contribution is -0.118. The number of benzene rings is 1. The van der Waals surface area contributed by atoms with Crippen LogP contribution in [0, 0.1) is 13.8 Å². The third-order valence-electron chi connectivity index (χ3n) is 6.02. The summed E-state index contributed by atoms with van der Waals surface area (Å²) < 4.78 is 16.5. The molecule has 0 aliphatic carbocycles. The van der Waals surface area contributed by atoms with E-state index in [0.29, 0.717) is 30.2 Å². The van der Waals surface area contributed by atoms with Gasteiger partial charge in [0.25, 0.3) is 5.56 Å². The van der Waals surface area contributed by atoms with Crippen LogP contribution in [0.2, 0.25) is 0 Å². The molecule has 0 fully saturated rings. The first-order valence-corrected chi connectivity index (χ1v) is 10.4. The molecule has 0 radical (unpaired) electrons. The SMILES string of the molecule is COc1ccc(CCn2c(C)c(C)n3c4c(=O)n(CC(N)=O)c(=O)n(C)c4nc23)cc1OC. The number of aromatic nitrogens is 5. The minimum atomic E-state index is -0.769. The lowest BCUT2D eigenvalue weighted by atomic mass is 10.1. The van der Waals surface area contributed by atoms with E-state index < -0.39 is 23.7 Å². The quantitative estimate of drug-likeness (QED) is 0.433. The van der Waals surface area contributed by atoms with E-state index in [1.807, 2.05) is 36.6 Å². The van der Waals surface area contributed by atoms with Crippen LogP contribution in [0.5, 0.6) is 11.5 Å². The van der Waals surface area contributed by atoms with Crippen LogP contribution in [0.15, 0.2) is 27.8 Å². The maximum atomic E-state index is 13.1. The third-order valence-corrected chi connectivity index (χ3v) is 6.02. The molecule has 1 aromatic carbocycles. The zero-order valence-corrected chi connectivity index (χ0v) is 19.2. The predicted molar refractivity (Wildman–Crippen MR) is 122 cm³/mol. The summed E-state index contributed by atoms with van der Waals surface area (Å²) in [5, 5.41) is 0. The van der Waals surface area contributed by atoms with Gasteiger partial charge < -0.3 is 19.8 Å². The van der Waals surface area contributed by atoms with Crippen molar-refractivity contribution in [1.29, 1.82) is 0 Å². The molecule has 3 heterocycles. The fraction of sp³-hybridized carbons (Fsp3) is 0.364. The molecule has 4 rings (SSSR count). The second-order valence-corrected chi connectivity index (χ2v) is 7.88. The van der Waals surface area contributed by atoms with Gasteiger partial charge in [-0.05, 0) is 38.0 Å². The number of fused-ring (bicyclic) bond motifs is 3. The molecule has 0 aliphatic rings. The molecule has 1 amide bonds. The van der Waals surface area contributed by atoms with Gasteiger partial charge in [-0.25, -0.2) is 9.36 Å². The minimum absolute atomic E-state index is 0.235. The van der Waals surface area contributed by atoms with Crippen LogP contribution in [0.1, 0.15) is 17.0 Å². The monoisotopic (exact) mass is 454 g/mol. The van der Waals surface area contributed by atoms with Crippen LogP contribution in [-0.2, 0) is 31.4 Å². The van der Waals surface area contributed by atoms with Crippen molar-refractivity contribution in [2.24, 2.45) is 12.8 Å². The van der Waals surface area contributed by atoms with E-state index in [4.69, 9.17) is 15.2 Å². The van der Waals surface area contributed by atoms with Crippen LogP contribution in [0.25, 0.3) is 16.9 Å². The molecule has 33 heavy (non-hydrogen) atoms. The van der Waals surface area contributed by atoms with Crippen LogP contribution < -0.4 is 26.5 Å². The summed E-state index contributed by atoms with van der Waals surface area (Å²) in [5.74, 6) is 1.08. The Labute approximate surface area is 188 Å². The van der Waals surface area contributed by atoms with Crippen molar-refractivity contribution in [3.63, 3.8) is 0 Å². The highest BCUT2D eigenvalue weighted by molar-refractivity contribution is 5.78. The lowest BCUT2D eigenvalue weighted by Gasteiger charge is -2.11. The highest BCUT2D eigenvalue weighted by Gasteiger charge is 2.23. The minimum Gasteiger partial charge on any atom is -0.493 e. The van der Waals surface area contributed by atoms with Crippen molar-refractivity contribution >= 4 is 22.8 Å². The van der Waals surface area contributed by atoms with Gasteiger partial charge in [-0.2, -0.15) is 4.98 Å². The highest BCUT2D eigenvalue weighted by Crippen LogP contribution is 2.28. The summed E-state index contributed by atoms with van der Waals surface area (Å²) in [7, 11) is 4.70. The van der Waals surface area contributed by atoms with E-state index in [1.165, 1.54) is 11.6 Å². The van der Waals surface area contributed by atoms with Gasteiger partial charge in [-0.15, -0.1) is 0 Å². The molecule has 0 aliphatic heterocycles. The lowest BCUT2D eigenvalue weighted by Crippen LogP contribution is -2.42. The van der Waals surface area contributed by atoms with E-state index >= 15 is 0 Å². The van der Waals surface area contributed by atoms with Crippen LogP contribution in [0.4, 0.5) is 0 Å². The maximum Gasteiger partial charge on any atom is 0.332 e. The number of rotatable bonds is 7. The molecule has 3 aromatic heterocycles. The molecule has 0 atom stereocenters. The summed E-state index contributed by atoms with van der Waals surface area (Å²) in [6, 6.07) is 5.76. The van der Waals surface area contributed by atoms with Gasteiger partial charge in [-0.1, -0.05) is 6.07 Å². The number of nitrogens with zero attached hydrogens (tertiary/aromatic N) is 5. The smallest absolute Gasteiger partial charge is 0.332 e. The summed E-state index contributed by atoms with van der Waals surface area (Å²) in [6.45, 7) is 3.94. The number of amides is 1. The van der Waals surface area contributed by atoms with Gasteiger partial charge in [0.2, 0.25) is 11.7 Å². The van der Waals surface area contributed by atoms with Crippen molar-refractivity contribution in [2.45, 2.75) is 33.4 Å². The van der Waals surface area contributed by atoms with Gasteiger partial charge in [0.05, 0.1) is 14.2 Å². The van der Waals surface area contributed by atoms with Crippen molar-refractivity contribution in [1.82, 2.24) is 23.1 Å². The van der Waals surface area contributed by atoms with E-state index in [-0.39, 0.29) is 11.2 Å². The number of methoxy groups -OCH3 is 2. The van der Waals surface area contributed by atoms with Gasteiger partial charge in [0.15, 0.2) is 22.7 Å². The fourth-order valence-corrected chi connectivity index (χ4v) is 4.16. The molecule has 0 bridgehead atoms. The molecular weight excluding hydrogens is 428 g/mol. The largest absolute Gasteiger partial charge is 0.493 e. The normalized spacial score (nSPS) is 11.4. The number of aryl methyl sites for hydroxylation is 4. The highest BCUT2D eigenvalue weighted by atomic mass is 16.5. The molecule has 11 nitrogen and oxygen atoms in total. The Kier molecular flexibility index (Phi) is 5.48. The molecule has 0 saturated heterocycles. The number of nitrogens with two attached hydrogens (primary N) is 1. The predicted octanol–water partition coefficient (Wildman–Crippen LogP) is 0.511. The van der Waals surface area contributed by atoms with Crippen LogP contribution in [0.3, 0.4) is 0 Å². The molecule has 4 aromatic rings. The molecule has 0 spiro atoms. The Morgan fingerprint density at radius 1 is 1.06 bits per heavy atom. The number of imidazole rings is 2. The first-order valence-electron chi connectivity index (χ1n) is 10.4. The van der Waals surface area contributed by atoms with Gasteiger partial charge in [0, 0.05) is 25.0 Å². The van der Waals surface area contributed by atoms with Gasteiger partial charge in [0.1, 0.15) is 6.54 Å². The Hall–Kier alpha value is -4.02. The average Bonchev–Trinajstić information content (AvgIpc) is 3.29. The Balaban J connectivity index is 1.85. The first-order chi connectivity index (χ1) is 15.7. The summed E-state index contributed by atoms with van der Waals surface area (Å²) in [6.07, 6.45) is 0.680. The zero-order chi connectivity index (χ0) is 24.0. The number of carbonyl (C=O) groups is 1. The summed E-state index contributed by atoms with van der Waals surface area (Å²) in [5.41, 5.74) is 7.30. The van der Waals surface area contributed by atoms with Crippen molar-refractivity contribution in [2.75, 3.05) is 14.2 Å². The van der Waals surface area contributed by atoms with E-state index in [1.54, 1.807) is 18.6 Å². The standard InChI is InChI=1S/C22H26N6O5/c1-12-13(2)28-18-19(25(3)22(31)27(20(18)30)11-17(23)29)24-21(28)26(12)9-8-14-6-7-15(32-4)16(10-14)33-5/h6-7,10H,8-9,11H2,1-5H3,(H2,23,29).